The predicted octanol–water partition coefficient (Wildman–Crippen LogP) is 2.47. The fraction of sp³-hybridized carbons (Fsp3) is 0.333. The van der Waals surface area contributed by atoms with Crippen LogP contribution >= 0.6 is 15.9 Å². The van der Waals surface area contributed by atoms with Crippen molar-refractivity contribution in [2.75, 3.05) is 6.61 Å². The average Bonchev–Trinajstić information content (AvgIpc) is 2.38. The number of non-ortho nitro benzene ring substituents is 1. The second kappa shape index (κ2) is 6.85. The van der Waals surface area contributed by atoms with Crippen molar-refractivity contribution in [2.45, 2.75) is 18.7 Å². The van der Waals surface area contributed by atoms with Crippen molar-refractivity contribution in [3.05, 3.63) is 38.9 Å². The van der Waals surface area contributed by atoms with Crippen molar-refractivity contribution in [2.24, 2.45) is 0 Å². The highest BCUT2D eigenvalue weighted by Crippen LogP contribution is 2.25. The third-order valence-electron chi connectivity index (χ3n) is 2.43. The summed E-state index contributed by atoms with van der Waals surface area (Å²) in [5.74, 6) is -0.463. The lowest BCUT2D eigenvalue weighted by Gasteiger charge is -2.09. The minimum absolute atomic E-state index is 0.0737. The van der Waals surface area contributed by atoms with Crippen LogP contribution in [-0.4, -0.2) is 17.5 Å². The van der Waals surface area contributed by atoms with Crippen molar-refractivity contribution in [3.63, 3.8) is 0 Å². The van der Waals surface area contributed by atoms with E-state index in [0.717, 1.165) is 0 Å². The molecule has 6 nitrogen and oxygen atoms in total. The van der Waals surface area contributed by atoms with E-state index in [9.17, 15) is 14.9 Å². The summed E-state index contributed by atoms with van der Waals surface area (Å²) in [6.07, 6.45) is -0.0737. The maximum absolute atomic E-state index is 11.5. The molecule has 1 rings (SSSR count). The monoisotopic (exact) mass is 326 g/mol. The molecule has 0 amide bonds. The van der Waals surface area contributed by atoms with Crippen LogP contribution in [0, 0.1) is 21.4 Å². The molecular weight excluding hydrogens is 316 g/mol. The first-order chi connectivity index (χ1) is 9.03. The molecule has 0 fully saturated rings. The van der Waals surface area contributed by atoms with Gasteiger partial charge < -0.3 is 4.74 Å². The highest BCUT2D eigenvalue weighted by Gasteiger charge is 2.18. The number of benzene rings is 1. The Balaban J connectivity index is 3.25. The summed E-state index contributed by atoms with van der Waals surface area (Å²) in [4.78, 5) is 21.7. The molecule has 7 heteroatoms. The zero-order chi connectivity index (χ0) is 14.4. The van der Waals surface area contributed by atoms with E-state index in [1.807, 2.05) is 6.07 Å². The van der Waals surface area contributed by atoms with Crippen LogP contribution in [0.3, 0.4) is 0 Å². The van der Waals surface area contributed by atoms with E-state index in [1.165, 1.54) is 12.1 Å². The molecule has 0 aromatic heterocycles. The molecule has 0 aliphatic carbocycles. The van der Waals surface area contributed by atoms with Gasteiger partial charge in [-0.05, 0) is 18.1 Å². The molecule has 0 bridgehead atoms. The zero-order valence-electron chi connectivity index (χ0n) is 10.2. The number of nitro groups is 1. The Morgan fingerprint density at radius 3 is 2.74 bits per heavy atom. The van der Waals surface area contributed by atoms with Crippen molar-refractivity contribution in [3.8, 4) is 6.07 Å². The van der Waals surface area contributed by atoms with Gasteiger partial charge in [0.15, 0.2) is 0 Å². The first-order valence-electron chi connectivity index (χ1n) is 5.45. The Morgan fingerprint density at radius 2 is 2.26 bits per heavy atom. The van der Waals surface area contributed by atoms with E-state index >= 15 is 0 Å². The number of nitrogens with zero attached hydrogens (tertiary/aromatic N) is 2. The maximum Gasteiger partial charge on any atom is 0.310 e. The number of carbonyl (C=O) groups excluding carboxylic acids is 1. The zero-order valence-corrected chi connectivity index (χ0v) is 11.8. The average molecular weight is 327 g/mol. The largest absolute Gasteiger partial charge is 0.466 e. The smallest absolute Gasteiger partial charge is 0.310 e. The summed E-state index contributed by atoms with van der Waals surface area (Å²) in [6.45, 7) is 1.93. The van der Waals surface area contributed by atoms with Gasteiger partial charge in [0.25, 0.3) is 5.69 Å². The van der Waals surface area contributed by atoms with Gasteiger partial charge in [-0.15, -0.1) is 0 Å². The fourth-order valence-corrected chi connectivity index (χ4v) is 2.11. The highest BCUT2D eigenvalue weighted by molar-refractivity contribution is 9.08. The third kappa shape index (κ3) is 3.76. The van der Waals surface area contributed by atoms with Crippen LogP contribution in [0.4, 0.5) is 5.69 Å². The minimum atomic E-state index is -0.568. The molecule has 100 valence electrons. The second-order valence-corrected chi connectivity index (χ2v) is 4.18. The molecular formula is C12H11BrN2O4. The molecule has 0 heterocycles. The summed E-state index contributed by atoms with van der Waals surface area (Å²) in [5.41, 5.74) is 0.956. The molecule has 1 aromatic carbocycles. The number of ether oxygens (including phenoxy) is 1. The van der Waals surface area contributed by atoms with Crippen LogP contribution in [0.2, 0.25) is 0 Å². The first-order valence-corrected chi connectivity index (χ1v) is 6.57. The van der Waals surface area contributed by atoms with E-state index in [1.54, 1.807) is 6.92 Å². The summed E-state index contributed by atoms with van der Waals surface area (Å²) in [6, 6.07) is 4.40. The second-order valence-electron chi connectivity index (χ2n) is 3.62. The van der Waals surface area contributed by atoms with Crippen molar-refractivity contribution in [1.29, 1.82) is 5.26 Å². The Morgan fingerprint density at radius 1 is 1.58 bits per heavy atom. The fourth-order valence-electron chi connectivity index (χ4n) is 1.60. The molecule has 0 N–H and O–H groups in total. The molecule has 0 saturated carbocycles. The van der Waals surface area contributed by atoms with Crippen LogP contribution in [0.1, 0.15) is 23.6 Å². The quantitative estimate of drug-likeness (QED) is 0.358. The molecule has 19 heavy (non-hydrogen) atoms. The predicted molar refractivity (Wildman–Crippen MR) is 70.8 cm³/mol. The van der Waals surface area contributed by atoms with Crippen LogP contribution < -0.4 is 0 Å². The summed E-state index contributed by atoms with van der Waals surface area (Å²) in [7, 11) is 0. The Labute approximate surface area is 118 Å². The summed E-state index contributed by atoms with van der Waals surface area (Å²) < 4.78 is 4.82. The molecule has 0 atom stereocenters. The Hall–Kier alpha value is -1.94. The van der Waals surface area contributed by atoms with Gasteiger partial charge in [-0.3, -0.25) is 14.9 Å². The maximum atomic E-state index is 11.5. The standard InChI is InChI=1S/C12H11BrN2O4/c1-2-19-12(16)5-11-8(6-13)3-10(15(17)18)4-9(11)7-14/h3-4H,2,5-6H2,1H3. The molecule has 0 unspecified atom stereocenters. The third-order valence-corrected chi connectivity index (χ3v) is 3.03. The molecule has 1 aromatic rings. The number of rotatable bonds is 5. The van der Waals surface area contributed by atoms with Gasteiger partial charge in [0, 0.05) is 17.5 Å². The van der Waals surface area contributed by atoms with Crippen molar-refractivity contribution in [1.82, 2.24) is 0 Å². The van der Waals surface area contributed by atoms with Gasteiger partial charge in [-0.1, -0.05) is 15.9 Å². The van der Waals surface area contributed by atoms with Gasteiger partial charge in [-0.25, -0.2) is 0 Å². The number of carbonyl (C=O) groups is 1. The van der Waals surface area contributed by atoms with Gasteiger partial charge in [-0.2, -0.15) is 5.26 Å². The van der Waals surface area contributed by atoms with E-state index in [0.29, 0.717) is 16.5 Å². The van der Waals surface area contributed by atoms with Gasteiger partial charge >= 0.3 is 5.97 Å². The molecule has 0 spiro atoms. The number of esters is 1. The van der Waals surface area contributed by atoms with Crippen LogP contribution in [0.5, 0.6) is 0 Å². The van der Waals surface area contributed by atoms with Gasteiger partial charge in [0.1, 0.15) is 0 Å². The van der Waals surface area contributed by atoms with Crippen LogP contribution in [0.15, 0.2) is 12.1 Å². The van der Waals surface area contributed by atoms with Gasteiger partial charge in [0.2, 0.25) is 0 Å². The van der Waals surface area contributed by atoms with Crippen LogP contribution in [-0.2, 0) is 21.3 Å². The van der Waals surface area contributed by atoms with Crippen molar-refractivity contribution < 1.29 is 14.5 Å². The number of nitro benzene ring substituents is 1. The molecule has 0 aliphatic rings. The Kier molecular flexibility index (Phi) is 5.45. The normalized spacial score (nSPS) is 9.74. The van der Waals surface area contributed by atoms with Gasteiger partial charge in [0.05, 0.1) is 29.6 Å². The summed E-state index contributed by atoms with van der Waals surface area (Å²) >= 11 is 3.20. The van der Waals surface area contributed by atoms with E-state index in [-0.39, 0.29) is 24.3 Å². The summed E-state index contributed by atoms with van der Waals surface area (Å²) in [5, 5.41) is 20.1. The lowest BCUT2D eigenvalue weighted by atomic mass is 9.99. The van der Waals surface area contributed by atoms with Crippen LogP contribution in [0.25, 0.3) is 0 Å². The molecule has 0 saturated heterocycles. The number of halogens is 1. The van der Waals surface area contributed by atoms with E-state index < -0.39 is 10.9 Å². The van der Waals surface area contributed by atoms with E-state index in [4.69, 9.17) is 10.00 Å². The lowest BCUT2D eigenvalue weighted by Crippen LogP contribution is -2.11. The molecule has 0 aliphatic heterocycles. The highest BCUT2D eigenvalue weighted by atomic mass is 79.9. The molecule has 0 radical (unpaired) electrons. The van der Waals surface area contributed by atoms with Crippen molar-refractivity contribution >= 4 is 27.6 Å². The SMILES string of the molecule is CCOC(=O)Cc1c(C#N)cc([N+](=O)[O-])cc1CBr. The van der Waals surface area contributed by atoms with E-state index in [2.05, 4.69) is 15.9 Å². The lowest BCUT2D eigenvalue weighted by molar-refractivity contribution is -0.384. The first kappa shape index (κ1) is 15.1. The topological polar surface area (TPSA) is 93.2 Å². The number of alkyl halides is 1. The number of nitriles is 1. The minimum Gasteiger partial charge on any atom is -0.466 e. The number of hydrogen-bond acceptors (Lipinski definition) is 5. The number of hydrogen-bond donors (Lipinski definition) is 0. The Bertz CT molecular complexity index is 551.